The van der Waals surface area contributed by atoms with E-state index >= 15 is 0 Å². The highest BCUT2D eigenvalue weighted by Crippen LogP contribution is 2.36. The molecule has 29 heavy (non-hydrogen) atoms. The van der Waals surface area contributed by atoms with Gasteiger partial charge in [0.1, 0.15) is 6.04 Å². The fourth-order valence-electron chi connectivity index (χ4n) is 3.17. The van der Waals surface area contributed by atoms with Gasteiger partial charge in [0, 0.05) is 30.0 Å². The minimum absolute atomic E-state index is 0.214. The summed E-state index contributed by atoms with van der Waals surface area (Å²) < 4.78 is 1.78. The molecule has 0 aliphatic carbocycles. The number of nitrogens with zero attached hydrogens (tertiary/aromatic N) is 5. The molecule has 3 aromatic heterocycles. The lowest BCUT2D eigenvalue weighted by Crippen LogP contribution is -2.31. The Balaban J connectivity index is 1.74. The van der Waals surface area contributed by atoms with Gasteiger partial charge in [-0.3, -0.25) is 14.8 Å². The van der Waals surface area contributed by atoms with Crippen LogP contribution in [0.25, 0.3) is 0 Å². The predicted molar refractivity (Wildman–Crippen MR) is 113 cm³/mol. The molecule has 1 aliphatic rings. The minimum Gasteiger partial charge on any atom is -0.328 e. The largest absolute Gasteiger partial charge is 0.328 e. The SMILES string of the molecule is CCCSc1nc2n(n1)C(c1ccncc1)C(C(=O)Nc1cccnc1)=C(C)N2. The van der Waals surface area contributed by atoms with Crippen molar-refractivity contribution in [1.82, 2.24) is 24.7 Å². The quantitative estimate of drug-likeness (QED) is 0.604. The van der Waals surface area contributed by atoms with Crippen LogP contribution in [0.15, 0.2) is 65.5 Å². The first-order valence-electron chi connectivity index (χ1n) is 9.35. The molecule has 1 aliphatic heterocycles. The second-order valence-corrected chi connectivity index (χ2v) is 7.62. The van der Waals surface area contributed by atoms with E-state index in [4.69, 9.17) is 0 Å². The third-order valence-corrected chi connectivity index (χ3v) is 5.50. The Bertz CT molecular complexity index is 1030. The van der Waals surface area contributed by atoms with E-state index in [2.05, 4.69) is 37.6 Å². The normalized spacial score (nSPS) is 15.6. The molecule has 9 heteroatoms. The number of hydrogen-bond acceptors (Lipinski definition) is 7. The summed E-state index contributed by atoms with van der Waals surface area (Å²) in [6, 6.07) is 6.96. The first-order valence-corrected chi connectivity index (χ1v) is 10.3. The van der Waals surface area contributed by atoms with E-state index in [1.165, 1.54) is 0 Å². The molecule has 4 rings (SSSR count). The molecule has 0 spiro atoms. The lowest BCUT2D eigenvalue weighted by Gasteiger charge is -2.28. The molecule has 8 nitrogen and oxygen atoms in total. The number of allylic oxidation sites excluding steroid dienone is 1. The van der Waals surface area contributed by atoms with Crippen molar-refractivity contribution in [2.45, 2.75) is 31.5 Å². The Kier molecular flexibility index (Phi) is 5.57. The lowest BCUT2D eigenvalue weighted by atomic mass is 9.96. The molecular formula is C20H21N7OS. The topological polar surface area (TPSA) is 97.6 Å². The molecule has 0 aromatic carbocycles. The fraction of sp³-hybridized carbons (Fsp3) is 0.250. The number of rotatable bonds is 6. The summed E-state index contributed by atoms with van der Waals surface area (Å²) >= 11 is 1.60. The van der Waals surface area contributed by atoms with Crippen molar-refractivity contribution in [2.75, 3.05) is 16.4 Å². The van der Waals surface area contributed by atoms with Crippen molar-refractivity contribution in [2.24, 2.45) is 0 Å². The van der Waals surface area contributed by atoms with Gasteiger partial charge in [-0.15, -0.1) is 5.10 Å². The Labute approximate surface area is 172 Å². The van der Waals surface area contributed by atoms with E-state index in [1.54, 1.807) is 53.4 Å². The number of pyridine rings is 2. The number of carbonyl (C=O) groups excluding carboxylic acids is 1. The number of thioether (sulfide) groups is 1. The van der Waals surface area contributed by atoms with E-state index in [1.807, 2.05) is 19.1 Å². The van der Waals surface area contributed by atoms with Crippen molar-refractivity contribution < 1.29 is 4.79 Å². The second-order valence-electron chi connectivity index (χ2n) is 6.55. The van der Waals surface area contributed by atoms with Gasteiger partial charge in [0.25, 0.3) is 5.91 Å². The zero-order valence-electron chi connectivity index (χ0n) is 16.2. The van der Waals surface area contributed by atoms with E-state index in [-0.39, 0.29) is 5.91 Å². The molecule has 0 fully saturated rings. The first-order chi connectivity index (χ1) is 14.2. The smallest absolute Gasteiger partial charge is 0.255 e. The molecule has 0 radical (unpaired) electrons. The van der Waals surface area contributed by atoms with Crippen molar-refractivity contribution in [3.8, 4) is 0 Å². The Morgan fingerprint density at radius 1 is 1.24 bits per heavy atom. The van der Waals surface area contributed by atoms with Gasteiger partial charge in [0.05, 0.1) is 17.5 Å². The fourth-order valence-corrected chi connectivity index (χ4v) is 3.85. The molecule has 4 heterocycles. The van der Waals surface area contributed by atoms with E-state index in [9.17, 15) is 4.79 Å². The molecule has 1 amide bonds. The summed E-state index contributed by atoms with van der Waals surface area (Å²) in [6.07, 6.45) is 7.75. The van der Waals surface area contributed by atoms with Crippen LogP contribution in [-0.2, 0) is 4.79 Å². The molecule has 0 bridgehead atoms. The second kappa shape index (κ2) is 8.44. The van der Waals surface area contributed by atoms with Crippen LogP contribution < -0.4 is 10.6 Å². The van der Waals surface area contributed by atoms with Gasteiger partial charge in [-0.2, -0.15) is 4.98 Å². The van der Waals surface area contributed by atoms with Gasteiger partial charge < -0.3 is 10.6 Å². The maximum atomic E-state index is 13.2. The lowest BCUT2D eigenvalue weighted by molar-refractivity contribution is -0.113. The third kappa shape index (κ3) is 4.00. The number of anilines is 2. The average Bonchev–Trinajstić information content (AvgIpc) is 3.14. The number of nitrogens with one attached hydrogen (secondary N) is 2. The summed E-state index contributed by atoms with van der Waals surface area (Å²) in [4.78, 5) is 26.0. The van der Waals surface area contributed by atoms with Crippen LogP contribution in [0.4, 0.5) is 11.6 Å². The number of carbonyl (C=O) groups is 1. The highest BCUT2D eigenvalue weighted by Gasteiger charge is 2.34. The summed E-state index contributed by atoms with van der Waals surface area (Å²) in [7, 11) is 0. The Hall–Kier alpha value is -3.20. The number of hydrogen-bond donors (Lipinski definition) is 2. The van der Waals surface area contributed by atoms with E-state index in [0.717, 1.165) is 23.4 Å². The molecule has 148 valence electrons. The monoisotopic (exact) mass is 407 g/mol. The summed E-state index contributed by atoms with van der Waals surface area (Å²) in [6.45, 7) is 4.00. The maximum absolute atomic E-state index is 13.2. The third-order valence-electron chi connectivity index (χ3n) is 4.45. The van der Waals surface area contributed by atoms with Gasteiger partial charge in [-0.1, -0.05) is 18.7 Å². The summed E-state index contributed by atoms with van der Waals surface area (Å²) in [5.74, 6) is 1.35. The Morgan fingerprint density at radius 3 is 2.79 bits per heavy atom. The molecule has 2 N–H and O–H groups in total. The van der Waals surface area contributed by atoms with Crippen molar-refractivity contribution in [3.63, 3.8) is 0 Å². The highest BCUT2D eigenvalue weighted by molar-refractivity contribution is 7.99. The van der Waals surface area contributed by atoms with Gasteiger partial charge in [-0.25, -0.2) is 4.68 Å². The maximum Gasteiger partial charge on any atom is 0.255 e. The predicted octanol–water partition coefficient (Wildman–Crippen LogP) is 3.50. The van der Waals surface area contributed by atoms with Gasteiger partial charge in [-0.05, 0) is 43.2 Å². The number of aromatic nitrogens is 5. The molecule has 1 atom stereocenters. The molecule has 0 saturated carbocycles. The van der Waals surface area contributed by atoms with Crippen LogP contribution in [0.2, 0.25) is 0 Å². The highest BCUT2D eigenvalue weighted by atomic mass is 32.2. The van der Waals surface area contributed by atoms with Crippen LogP contribution in [0, 0.1) is 0 Å². The molecular weight excluding hydrogens is 386 g/mol. The zero-order chi connectivity index (χ0) is 20.2. The van der Waals surface area contributed by atoms with E-state index < -0.39 is 6.04 Å². The molecule has 3 aromatic rings. The van der Waals surface area contributed by atoms with Crippen molar-refractivity contribution in [1.29, 1.82) is 0 Å². The molecule has 0 saturated heterocycles. The van der Waals surface area contributed by atoms with Crippen LogP contribution in [0.1, 0.15) is 31.9 Å². The van der Waals surface area contributed by atoms with Crippen LogP contribution in [0.5, 0.6) is 0 Å². The number of fused-ring (bicyclic) bond motifs is 1. The summed E-state index contributed by atoms with van der Waals surface area (Å²) in [5.41, 5.74) is 2.86. The number of amides is 1. The van der Waals surface area contributed by atoms with E-state index in [0.29, 0.717) is 22.4 Å². The van der Waals surface area contributed by atoms with Crippen molar-refractivity contribution in [3.05, 3.63) is 65.9 Å². The average molecular weight is 408 g/mol. The van der Waals surface area contributed by atoms with Crippen LogP contribution in [0.3, 0.4) is 0 Å². The van der Waals surface area contributed by atoms with Gasteiger partial charge >= 0.3 is 0 Å². The minimum atomic E-state index is -0.408. The van der Waals surface area contributed by atoms with Crippen molar-refractivity contribution >= 4 is 29.3 Å². The standard InChI is InChI=1S/C20H21N7OS/c1-3-11-29-20-25-19-23-13(2)16(18(28)24-15-5-4-8-22-12-15)17(27(19)26-20)14-6-9-21-10-7-14/h4-10,12,17H,3,11H2,1-2H3,(H,24,28)(H,23,25,26). The van der Waals surface area contributed by atoms with Crippen LogP contribution in [-0.4, -0.2) is 36.4 Å². The first kappa shape index (κ1) is 19.1. The van der Waals surface area contributed by atoms with Gasteiger partial charge in [0.2, 0.25) is 11.1 Å². The van der Waals surface area contributed by atoms with Crippen LogP contribution >= 0.6 is 11.8 Å². The Morgan fingerprint density at radius 2 is 2.07 bits per heavy atom. The zero-order valence-corrected chi connectivity index (χ0v) is 17.0. The molecule has 1 unspecified atom stereocenters. The summed E-state index contributed by atoms with van der Waals surface area (Å²) in [5, 5.41) is 11.5. The van der Waals surface area contributed by atoms with Gasteiger partial charge in [0.15, 0.2) is 0 Å².